The average Bonchev–Trinajstić information content (AvgIpc) is 3.04. The summed E-state index contributed by atoms with van der Waals surface area (Å²) >= 11 is 1.07. The van der Waals surface area contributed by atoms with Crippen molar-refractivity contribution in [3.8, 4) is 0 Å². The summed E-state index contributed by atoms with van der Waals surface area (Å²) < 4.78 is 26.9. The van der Waals surface area contributed by atoms with Crippen LogP contribution in [0.4, 0.5) is 14.7 Å². The van der Waals surface area contributed by atoms with Gasteiger partial charge in [0.05, 0.1) is 12.3 Å². The van der Waals surface area contributed by atoms with Crippen LogP contribution in [0, 0.1) is 0 Å². The first kappa shape index (κ1) is 16.0. The van der Waals surface area contributed by atoms with Crippen LogP contribution >= 0.6 is 11.8 Å². The van der Waals surface area contributed by atoms with Gasteiger partial charge in [-0.05, 0) is 12.8 Å². The van der Waals surface area contributed by atoms with Crippen molar-refractivity contribution < 1.29 is 18.7 Å². The zero-order valence-corrected chi connectivity index (χ0v) is 12.5. The highest BCUT2D eigenvalue weighted by Crippen LogP contribution is 2.36. The quantitative estimate of drug-likeness (QED) is 0.777. The maximum atomic E-state index is 12.6. The molecule has 1 aliphatic carbocycles. The number of carbonyl (C=O) groups is 1. The minimum absolute atomic E-state index is 0.122. The minimum Gasteiger partial charge on any atom is -0.481 e. The smallest absolute Gasteiger partial charge is 0.313 e. The number of alkyl halides is 2. The van der Waals surface area contributed by atoms with Crippen molar-refractivity contribution in [1.82, 2.24) is 14.8 Å². The standard InChI is InChI=1S/C12H18F2N4O2S/c1-17(6-9(13)14)11-15-16-12(21-7-10(19)20)18(11)8-4-2-3-5-8/h8-9H,2-7H2,1H3,(H,19,20). The molecule has 1 aliphatic rings. The molecule has 1 fully saturated rings. The van der Waals surface area contributed by atoms with Gasteiger partial charge in [-0.2, -0.15) is 0 Å². The van der Waals surface area contributed by atoms with E-state index in [1.165, 1.54) is 4.90 Å². The Morgan fingerprint density at radius 1 is 1.48 bits per heavy atom. The summed E-state index contributed by atoms with van der Waals surface area (Å²) in [6, 6.07) is 0.159. The Morgan fingerprint density at radius 2 is 2.14 bits per heavy atom. The Labute approximate surface area is 125 Å². The van der Waals surface area contributed by atoms with E-state index in [-0.39, 0.29) is 11.8 Å². The SMILES string of the molecule is CN(CC(F)F)c1nnc(SCC(=O)O)n1C1CCCC1. The van der Waals surface area contributed by atoms with Crippen LogP contribution in [-0.4, -0.2) is 51.6 Å². The van der Waals surface area contributed by atoms with E-state index in [9.17, 15) is 13.6 Å². The summed E-state index contributed by atoms with van der Waals surface area (Å²) in [7, 11) is 1.55. The molecule has 1 heterocycles. The number of thioether (sulfide) groups is 1. The van der Waals surface area contributed by atoms with E-state index in [1.54, 1.807) is 7.05 Å². The first-order chi connectivity index (χ1) is 9.99. The Balaban J connectivity index is 2.24. The van der Waals surface area contributed by atoms with Gasteiger partial charge in [0.1, 0.15) is 0 Å². The number of hydrogen-bond acceptors (Lipinski definition) is 5. The van der Waals surface area contributed by atoms with Crippen LogP contribution in [0.15, 0.2) is 5.16 Å². The molecular formula is C12H18F2N4O2S. The molecule has 1 aromatic heterocycles. The van der Waals surface area contributed by atoms with Gasteiger partial charge >= 0.3 is 5.97 Å². The molecule has 9 heteroatoms. The van der Waals surface area contributed by atoms with Crippen LogP contribution in [0.25, 0.3) is 0 Å². The molecule has 1 N–H and O–H groups in total. The molecule has 0 atom stereocenters. The van der Waals surface area contributed by atoms with Crippen molar-refractivity contribution in [2.24, 2.45) is 0 Å². The lowest BCUT2D eigenvalue weighted by Gasteiger charge is -2.22. The highest BCUT2D eigenvalue weighted by molar-refractivity contribution is 7.99. The Morgan fingerprint density at radius 3 is 2.71 bits per heavy atom. The summed E-state index contributed by atoms with van der Waals surface area (Å²) in [5, 5.41) is 17.2. The molecule has 0 aliphatic heterocycles. The van der Waals surface area contributed by atoms with Gasteiger partial charge in [-0.3, -0.25) is 9.36 Å². The third kappa shape index (κ3) is 4.05. The number of carboxylic acid groups (broad SMARTS) is 1. The predicted octanol–water partition coefficient (Wildman–Crippen LogP) is 2.27. The fourth-order valence-electron chi connectivity index (χ4n) is 2.52. The number of aromatic nitrogens is 3. The van der Waals surface area contributed by atoms with Gasteiger partial charge in [0.15, 0.2) is 5.16 Å². The minimum atomic E-state index is -2.46. The van der Waals surface area contributed by atoms with Crippen molar-refractivity contribution in [3.63, 3.8) is 0 Å². The van der Waals surface area contributed by atoms with E-state index in [2.05, 4.69) is 10.2 Å². The zero-order chi connectivity index (χ0) is 15.4. The molecule has 6 nitrogen and oxygen atoms in total. The van der Waals surface area contributed by atoms with Crippen molar-refractivity contribution in [1.29, 1.82) is 0 Å². The zero-order valence-electron chi connectivity index (χ0n) is 11.7. The lowest BCUT2D eigenvalue weighted by atomic mass is 10.2. The summed E-state index contributed by atoms with van der Waals surface area (Å²) in [4.78, 5) is 12.1. The highest BCUT2D eigenvalue weighted by atomic mass is 32.2. The summed E-state index contributed by atoms with van der Waals surface area (Å²) in [5.41, 5.74) is 0. The molecule has 1 aromatic rings. The van der Waals surface area contributed by atoms with Crippen molar-refractivity contribution in [2.45, 2.75) is 43.3 Å². The van der Waals surface area contributed by atoms with Crippen LogP contribution in [-0.2, 0) is 4.79 Å². The Hall–Kier alpha value is -1.38. The van der Waals surface area contributed by atoms with Gasteiger partial charge in [-0.1, -0.05) is 24.6 Å². The van der Waals surface area contributed by atoms with Crippen LogP contribution in [0.3, 0.4) is 0 Å². The molecule has 0 bridgehead atoms. The van der Waals surface area contributed by atoms with Crippen LogP contribution < -0.4 is 4.90 Å². The molecule has 21 heavy (non-hydrogen) atoms. The summed E-state index contributed by atoms with van der Waals surface area (Å²) in [6.07, 6.45) is 1.56. The van der Waals surface area contributed by atoms with E-state index in [1.807, 2.05) is 4.57 Å². The molecule has 0 saturated heterocycles. The number of aliphatic carboxylic acids is 1. The molecule has 0 radical (unpaired) electrons. The second-order valence-electron chi connectivity index (χ2n) is 5.04. The molecule has 2 rings (SSSR count). The number of anilines is 1. The van der Waals surface area contributed by atoms with Gasteiger partial charge < -0.3 is 10.0 Å². The summed E-state index contributed by atoms with van der Waals surface area (Å²) in [5.74, 6) is -0.679. The maximum Gasteiger partial charge on any atom is 0.313 e. The van der Waals surface area contributed by atoms with E-state index in [0.717, 1.165) is 37.4 Å². The van der Waals surface area contributed by atoms with E-state index in [4.69, 9.17) is 5.11 Å². The molecular weight excluding hydrogens is 302 g/mol. The lowest BCUT2D eigenvalue weighted by molar-refractivity contribution is -0.133. The Bertz CT molecular complexity index is 492. The molecule has 118 valence electrons. The number of halogens is 2. The number of rotatable bonds is 7. The van der Waals surface area contributed by atoms with Crippen molar-refractivity contribution in [3.05, 3.63) is 0 Å². The fraction of sp³-hybridized carbons (Fsp3) is 0.750. The topological polar surface area (TPSA) is 71.2 Å². The van der Waals surface area contributed by atoms with Gasteiger partial charge in [-0.25, -0.2) is 8.78 Å². The Kier molecular flexibility index (Phi) is 5.38. The first-order valence-corrected chi connectivity index (χ1v) is 7.76. The molecule has 0 amide bonds. The van der Waals surface area contributed by atoms with Gasteiger partial charge in [0, 0.05) is 13.1 Å². The number of hydrogen-bond donors (Lipinski definition) is 1. The first-order valence-electron chi connectivity index (χ1n) is 6.77. The fourth-order valence-corrected chi connectivity index (χ4v) is 3.25. The van der Waals surface area contributed by atoms with Crippen LogP contribution in [0.5, 0.6) is 0 Å². The van der Waals surface area contributed by atoms with Gasteiger partial charge in [-0.15, -0.1) is 10.2 Å². The number of carboxylic acids is 1. The molecule has 1 saturated carbocycles. The van der Waals surface area contributed by atoms with Gasteiger partial charge in [0.2, 0.25) is 5.95 Å². The lowest BCUT2D eigenvalue weighted by Crippen LogP contribution is -2.28. The predicted molar refractivity (Wildman–Crippen MR) is 75.2 cm³/mol. The highest BCUT2D eigenvalue weighted by Gasteiger charge is 2.26. The largest absolute Gasteiger partial charge is 0.481 e. The van der Waals surface area contributed by atoms with E-state index in [0.29, 0.717) is 11.1 Å². The third-order valence-electron chi connectivity index (χ3n) is 3.41. The number of nitrogens with zero attached hydrogens (tertiary/aromatic N) is 4. The second kappa shape index (κ2) is 7.06. The third-order valence-corrected chi connectivity index (χ3v) is 4.34. The normalized spacial score (nSPS) is 15.8. The molecule has 0 spiro atoms. The van der Waals surface area contributed by atoms with Crippen molar-refractivity contribution in [2.75, 3.05) is 24.2 Å². The van der Waals surface area contributed by atoms with Crippen LogP contribution in [0.2, 0.25) is 0 Å². The van der Waals surface area contributed by atoms with Crippen molar-refractivity contribution >= 4 is 23.7 Å². The average molecular weight is 320 g/mol. The molecule has 0 aromatic carbocycles. The second-order valence-corrected chi connectivity index (χ2v) is 5.99. The maximum absolute atomic E-state index is 12.6. The molecule has 0 unspecified atom stereocenters. The van der Waals surface area contributed by atoms with Gasteiger partial charge in [0.25, 0.3) is 6.43 Å². The van der Waals surface area contributed by atoms with E-state index >= 15 is 0 Å². The van der Waals surface area contributed by atoms with E-state index < -0.39 is 18.9 Å². The summed E-state index contributed by atoms with van der Waals surface area (Å²) in [6.45, 7) is -0.422. The van der Waals surface area contributed by atoms with Crippen LogP contribution in [0.1, 0.15) is 31.7 Å². The monoisotopic (exact) mass is 320 g/mol.